The highest BCUT2D eigenvalue weighted by Gasteiger charge is 2.16. The number of hydrogen-bond acceptors (Lipinski definition) is 6. The Morgan fingerprint density at radius 3 is 2.79 bits per heavy atom. The molecule has 0 aliphatic carbocycles. The van der Waals surface area contributed by atoms with Crippen molar-refractivity contribution in [2.45, 2.75) is 0 Å². The number of nitrogens with one attached hydrogen (secondary N) is 1. The zero-order valence-corrected chi connectivity index (χ0v) is 10.5. The van der Waals surface area contributed by atoms with E-state index < -0.39 is 17.7 Å². The van der Waals surface area contributed by atoms with Crippen LogP contribution >= 0.6 is 11.5 Å². The van der Waals surface area contributed by atoms with E-state index >= 15 is 0 Å². The van der Waals surface area contributed by atoms with Crippen molar-refractivity contribution in [2.75, 3.05) is 12.4 Å². The largest absolute Gasteiger partial charge is 0.463 e. The van der Waals surface area contributed by atoms with Crippen LogP contribution in [0, 0.1) is 5.82 Å². The number of esters is 1. The van der Waals surface area contributed by atoms with Crippen molar-refractivity contribution in [1.82, 2.24) is 9.36 Å². The maximum atomic E-state index is 13.4. The van der Waals surface area contributed by atoms with E-state index in [1.165, 1.54) is 31.4 Å². The standard InChI is InChI=1S/C11H8FN3O3S/c1-18-10(17)8-13-11(19-15-8)14-9(16)6-4-2-3-5-7(6)12/h2-5H,1H3,(H,13,14,15,16). The lowest BCUT2D eigenvalue weighted by Gasteiger charge is -2.01. The first-order valence-corrected chi connectivity index (χ1v) is 5.87. The van der Waals surface area contributed by atoms with Crippen LogP contribution in [0.1, 0.15) is 21.0 Å². The molecule has 6 nitrogen and oxygen atoms in total. The molecule has 0 aliphatic rings. The van der Waals surface area contributed by atoms with Crippen LogP contribution in [0.3, 0.4) is 0 Å². The number of halogens is 1. The van der Waals surface area contributed by atoms with E-state index in [1.807, 2.05) is 0 Å². The quantitative estimate of drug-likeness (QED) is 0.866. The fraction of sp³-hybridized carbons (Fsp3) is 0.0909. The summed E-state index contributed by atoms with van der Waals surface area (Å²) in [7, 11) is 1.20. The lowest BCUT2D eigenvalue weighted by atomic mass is 10.2. The van der Waals surface area contributed by atoms with Gasteiger partial charge >= 0.3 is 5.97 Å². The number of hydrogen-bond donors (Lipinski definition) is 1. The Morgan fingerprint density at radius 2 is 2.11 bits per heavy atom. The number of carbonyl (C=O) groups excluding carboxylic acids is 2. The average molecular weight is 281 g/mol. The third kappa shape index (κ3) is 2.91. The summed E-state index contributed by atoms with van der Waals surface area (Å²) in [4.78, 5) is 26.6. The predicted molar refractivity (Wildman–Crippen MR) is 65.6 cm³/mol. The Kier molecular flexibility index (Phi) is 3.81. The summed E-state index contributed by atoms with van der Waals surface area (Å²) in [6, 6.07) is 5.53. The minimum atomic E-state index is -0.706. The van der Waals surface area contributed by atoms with Crippen LogP contribution in [0.15, 0.2) is 24.3 Å². The summed E-state index contributed by atoms with van der Waals surface area (Å²) >= 11 is 0.806. The number of rotatable bonds is 3. The molecular formula is C11H8FN3O3S. The van der Waals surface area contributed by atoms with Gasteiger partial charge in [-0.2, -0.15) is 9.36 Å². The van der Waals surface area contributed by atoms with Gasteiger partial charge in [0, 0.05) is 11.5 Å². The van der Waals surface area contributed by atoms with Crippen molar-refractivity contribution in [2.24, 2.45) is 0 Å². The number of methoxy groups -OCH3 is 1. The van der Waals surface area contributed by atoms with Crippen LogP contribution in [0.2, 0.25) is 0 Å². The van der Waals surface area contributed by atoms with E-state index in [0.29, 0.717) is 0 Å². The minimum absolute atomic E-state index is 0.0913. The van der Waals surface area contributed by atoms with E-state index in [1.54, 1.807) is 0 Å². The van der Waals surface area contributed by atoms with Gasteiger partial charge in [0.1, 0.15) is 5.82 Å². The molecule has 0 unspecified atom stereocenters. The number of anilines is 1. The summed E-state index contributed by atoms with van der Waals surface area (Å²) in [5, 5.41) is 2.45. The maximum absolute atomic E-state index is 13.4. The Morgan fingerprint density at radius 1 is 1.37 bits per heavy atom. The summed E-state index contributed by atoms with van der Waals surface area (Å²) in [5.74, 6) is -2.16. The average Bonchev–Trinajstić information content (AvgIpc) is 2.86. The predicted octanol–water partition coefficient (Wildman–Crippen LogP) is 1.72. The van der Waals surface area contributed by atoms with E-state index in [9.17, 15) is 14.0 Å². The Bertz CT molecular complexity index is 629. The number of amides is 1. The maximum Gasteiger partial charge on any atom is 0.377 e. The second-order valence-electron chi connectivity index (χ2n) is 3.35. The zero-order valence-electron chi connectivity index (χ0n) is 9.71. The first kappa shape index (κ1) is 13.1. The Labute approximate surface area is 111 Å². The first-order valence-electron chi connectivity index (χ1n) is 5.09. The van der Waals surface area contributed by atoms with Gasteiger partial charge in [-0.05, 0) is 12.1 Å². The SMILES string of the molecule is COC(=O)c1nsc(NC(=O)c2ccccc2F)n1. The van der Waals surface area contributed by atoms with Crippen molar-refractivity contribution < 1.29 is 18.7 Å². The van der Waals surface area contributed by atoms with Gasteiger partial charge in [0.15, 0.2) is 0 Å². The molecule has 8 heteroatoms. The van der Waals surface area contributed by atoms with Gasteiger partial charge in [-0.3, -0.25) is 10.1 Å². The molecule has 2 rings (SSSR count). The number of ether oxygens (including phenoxy) is 1. The van der Waals surface area contributed by atoms with Crippen molar-refractivity contribution in [3.05, 3.63) is 41.5 Å². The summed E-state index contributed by atoms with van der Waals surface area (Å²) < 4.78 is 21.5. The lowest BCUT2D eigenvalue weighted by Crippen LogP contribution is -2.13. The van der Waals surface area contributed by atoms with Gasteiger partial charge in [-0.25, -0.2) is 9.18 Å². The second kappa shape index (κ2) is 5.53. The highest BCUT2D eigenvalue weighted by atomic mass is 32.1. The van der Waals surface area contributed by atoms with E-state index in [4.69, 9.17) is 0 Å². The van der Waals surface area contributed by atoms with Crippen molar-refractivity contribution >= 4 is 28.5 Å². The molecule has 19 heavy (non-hydrogen) atoms. The van der Waals surface area contributed by atoms with Gasteiger partial charge in [-0.15, -0.1) is 0 Å². The van der Waals surface area contributed by atoms with Crippen LogP contribution in [0.5, 0.6) is 0 Å². The topological polar surface area (TPSA) is 81.2 Å². The highest BCUT2D eigenvalue weighted by Crippen LogP contribution is 2.14. The molecular weight excluding hydrogens is 273 g/mol. The van der Waals surface area contributed by atoms with Gasteiger partial charge in [0.25, 0.3) is 11.7 Å². The molecule has 0 atom stereocenters. The summed E-state index contributed by atoms with van der Waals surface area (Å²) in [6.45, 7) is 0. The third-order valence-corrected chi connectivity index (χ3v) is 2.76. The molecule has 1 heterocycles. The smallest absolute Gasteiger partial charge is 0.377 e. The van der Waals surface area contributed by atoms with Gasteiger partial charge < -0.3 is 4.74 Å². The first-order chi connectivity index (χ1) is 9.11. The Balaban J connectivity index is 2.14. The van der Waals surface area contributed by atoms with Crippen LogP contribution in [0.25, 0.3) is 0 Å². The molecule has 0 aliphatic heterocycles. The molecule has 1 amide bonds. The van der Waals surface area contributed by atoms with Crippen LogP contribution in [0.4, 0.5) is 9.52 Å². The number of benzene rings is 1. The molecule has 1 aromatic heterocycles. The van der Waals surface area contributed by atoms with Crippen molar-refractivity contribution in [3.8, 4) is 0 Å². The Hall–Kier alpha value is -2.35. The molecule has 0 radical (unpaired) electrons. The van der Waals surface area contributed by atoms with E-state index in [0.717, 1.165) is 11.5 Å². The normalized spacial score (nSPS) is 10.0. The molecule has 0 saturated carbocycles. The van der Waals surface area contributed by atoms with Crippen molar-refractivity contribution in [1.29, 1.82) is 0 Å². The van der Waals surface area contributed by atoms with Crippen LogP contribution in [-0.4, -0.2) is 28.3 Å². The third-order valence-electron chi connectivity index (χ3n) is 2.13. The van der Waals surface area contributed by atoms with Crippen LogP contribution in [-0.2, 0) is 4.74 Å². The summed E-state index contributed by atoms with van der Waals surface area (Å²) in [6.07, 6.45) is 0. The van der Waals surface area contributed by atoms with Gasteiger partial charge in [0.2, 0.25) is 5.13 Å². The fourth-order valence-electron chi connectivity index (χ4n) is 1.26. The van der Waals surface area contributed by atoms with Gasteiger partial charge in [0.05, 0.1) is 12.7 Å². The van der Waals surface area contributed by atoms with E-state index in [-0.39, 0.29) is 16.5 Å². The van der Waals surface area contributed by atoms with Crippen LogP contribution < -0.4 is 5.32 Å². The molecule has 0 bridgehead atoms. The molecule has 2 aromatic rings. The molecule has 1 N–H and O–H groups in total. The number of nitrogens with zero attached hydrogens (tertiary/aromatic N) is 2. The van der Waals surface area contributed by atoms with Gasteiger partial charge in [-0.1, -0.05) is 12.1 Å². The molecule has 1 aromatic carbocycles. The molecule has 0 spiro atoms. The van der Waals surface area contributed by atoms with Crippen molar-refractivity contribution in [3.63, 3.8) is 0 Å². The zero-order chi connectivity index (χ0) is 13.8. The number of aromatic nitrogens is 2. The lowest BCUT2D eigenvalue weighted by molar-refractivity contribution is 0.0588. The second-order valence-corrected chi connectivity index (χ2v) is 4.10. The summed E-state index contributed by atoms with van der Waals surface area (Å²) in [5.41, 5.74) is -0.114. The molecule has 0 fully saturated rings. The monoisotopic (exact) mass is 281 g/mol. The molecule has 0 saturated heterocycles. The van der Waals surface area contributed by atoms with E-state index in [2.05, 4.69) is 19.4 Å². The molecule has 98 valence electrons. The minimum Gasteiger partial charge on any atom is -0.463 e. The number of carbonyl (C=O) groups is 2. The highest BCUT2D eigenvalue weighted by molar-refractivity contribution is 7.10. The fourth-order valence-corrected chi connectivity index (χ4v) is 1.81.